The van der Waals surface area contributed by atoms with Crippen LogP contribution in [0.5, 0.6) is 5.75 Å². The molecule has 1 aliphatic heterocycles. The Morgan fingerprint density at radius 3 is 2.73 bits per heavy atom. The Hall–Kier alpha value is -2.30. The average molecular weight is 350 g/mol. The first-order chi connectivity index (χ1) is 12.8. The molecule has 0 amide bonds. The highest BCUT2D eigenvalue weighted by atomic mass is 16.5. The lowest BCUT2D eigenvalue weighted by Crippen LogP contribution is -2.34. The molecule has 4 rings (SSSR count). The van der Waals surface area contributed by atoms with Crippen LogP contribution in [-0.4, -0.2) is 31.6 Å². The summed E-state index contributed by atoms with van der Waals surface area (Å²) in [5.74, 6) is 1.90. The predicted octanol–water partition coefficient (Wildman–Crippen LogP) is 4.37. The molecule has 136 valence electrons. The van der Waals surface area contributed by atoms with Crippen molar-refractivity contribution in [3.05, 3.63) is 65.9 Å². The van der Waals surface area contributed by atoms with E-state index in [4.69, 9.17) is 9.15 Å². The molecular weight excluding hydrogens is 324 g/mol. The molecule has 4 nitrogen and oxygen atoms in total. The Labute approximate surface area is 154 Å². The first-order valence-electron chi connectivity index (χ1n) is 9.39. The molecule has 0 bridgehead atoms. The lowest BCUT2D eigenvalue weighted by molar-refractivity contribution is 0.236. The summed E-state index contributed by atoms with van der Waals surface area (Å²) in [5.41, 5.74) is 2.26. The van der Waals surface area contributed by atoms with E-state index in [0.29, 0.717) is 6.04 Å². The van der Waals surface area contributed by atoms with Crippen molar-refractivity contribution in [1.29, 1.82) is 0 Å². The van der Waals surface area contributed by atoms with Crippen molar-refractivity contribution in [2.45, 2.75) is 25.4 Å². The monoisotopic (exact) mass is 350 g/mol. The van der Waals surface area contributed by atoms with Gasteiger partial charge in [0.05, 0.1) is 13.7 Å². The van der Waals surface area contributed by atoms with E-state index in [-0.39, 0.29) is 0 Å². The number of rotatable bonds is 7. The van der Waals surface area contributed by atoms with Crippen LogP contribution in [-0.2, 0) is 6.54 Å². The van der Waals surface area contributed by atoms with Crippen molar-refractivity contribution in [2.75, 3.05) is 26.7 Å². The Morgan fingerprint density at radius 1 is 1.08 bits per heavy atom. The molecule has 1 aliphatic rings. The molecule has 1 aromatic heterocycles. The van der Waals surface area contributed by atoms with E-state index in [1.54, 1.807) is 7.11 Å². The Morgan fingerprint density at radius 2 is 1.92 bits per heavy atom. The molecule has 2 aromatic carbocycles. The van der Waals surface area contributed by atoms with Gasteiger partial charge in [-0.05, 0) is 55.8 Å². The maximum Gasteiger partial charge on any atom is 0.134 e. The number of para-hydroxylation sites is 1. The summed E-state index contributed by atoms with van der Waals surface area (Å²) in [6.45, 7) is 3.95. The third-order valence-corrected chi connectivity index (χ3v) is 5.17. The molecular formula is C22H26N2O2. The minimum Gasteiger partial charge on any atom is -0.497 e. The quantitative estimate of drug-likeness (QED) is 0.687. The summed E-state index contributed by atoms with van der Waals surface area (Å²) in [5, 5.41) is 4.76. The SMILES string of the molecule is COc1cccc(C(CNCc2cc3ccccc3o2)N2CCCC2)c1. The zero-order valence-electron chi connectivity index (χ0n) is 15.3. The number of benzene rings is 2. The molecule has 0 spiro atoms. The summed E-state index contributed by atoms with van der Waals surface area (Å²) < 4.78 is 11.3. The van der Waals surface area contributed by atoms with Gasteiger partial charge in [-0.1, -0.05) is 30.3 Å². The number of hydrogen-bond acceptors (Lipinski definition) is 4. The van der Waals surface area contributed by atoms with E-state index in [2.05, 4.69) is 40.5 Å². The summed E-state index contributed by atoms with van der Waals surface area (Å²) in [7, 11) is 1.73. The van der Waals surface area contributed by atoms with Crippen LogP contribution < -0.4 is 10.1 Å². The first-order valence-corrected chi connectivity index (χ1v) is 9.39. The molecule has 0 saturated carbocycles. The van der Waals surface area contributed by atoms with Gasteiger partial charge in [0.2, 0.25) is 0 Å². The van der Waals surface area contributed by atoms with Crippen molar-refractivity contribution in [2.24, 2.45) is 0 Å². The maximum absolute atomic E-state index is 5.92. The molecule has 1 N–H and O–H groups in total. The lowest BCUT2D eigenvalue weighted by Gasteiger charge is -2.28. The number of nitrogens with one attached hydrogen (secondary N) is 1. The van der Waals surface area contributed by atoms with E-state index in [9.17, 15) is 0 Å². The van der Waals surface area contributed by atoms with E-state index < -0.39 is 0 Å². The highest BCUT2D eigenvalue weighted by molar-refractivity contribution is 5.77. The second-order valence-electron chi connectivity index (χ2n) is 6.92. The van der Waals surface area contributed by atoms with Crippen LogP contribution in [0, 0.1) is 0 Å². The number of ether oxygens (including phenoxy) is 1. The van der Waals surface area contributed by atoms with Gasteiger partial charge in [-0.25, -0.2) is 0 Å². The molecule has 4 heteroatoms. The van der Waals surface area contributed by atoms with Crippen molar-refractivity contribution >= 4 is 11.0 Å². The smallest absolute Gasteiger partial charge is 0.134 e. The Bertz CT molecular complexity index is 819. The summed E-state index contributed by atoms with van der Waals surface area (Å²) in [6.07, 6.45) is 2.56. The van der Waals surface area contributed by atoms with Gasteiger partial charge in [0.15, 0.2) is 0 Å². The zero-order chi connectivity index (χ0) is 17.8. The highest BCUT2D eigenvalue weighted by Gasteiger charge is 2.23. The van der Waals surface area contributed by atoms with Gasteiger partial charge in [0.1, 0.15) is 17.1 Å². The van der Waals surface area contributed by atoms with Crippen LogP contribution in [0.4, 0.5) is 0 Å². The zero-order valence-corrected chi connectivity index (χ0v) is 15.3. The van der Waals surface area contributed by atoms with Crippen LogP contribution in [0.25, 0.3) is 11.0 Å². The van der Waals surface area contributed by atoms with Gasteiger partial charge < -0.3 is 14.5 Å². The second kappa shape index (κ2) is 7.94. The van der Waals surface area contributed by atoms with E-state index in [1.807, 2.05) is 24.3 Å². The van der Waals surface area contributed by atoms with Gasteiger partial charge >= 0.3 is 0 Å². The number of nitrogens with zero attached hydrogens (tertiary/aromatic N) is 1. The molecule has 1 atom stereocenters. The fraction of sp³-hybridized carbons (Fsp3) is 0.364. The minimum atomic E-state index is 0.358. The molecule has 1 fully saturated rings. The Kier molecular flexibility index (Phi) is 5.23. The van der Waals surface area contributed by atoms with Crippen LogP contribution >= 0.6 is 0 Å². The fourth-order valence-corrected chi connectivity index (χ4v) is 3.82. The van der Waals surface area contributed by atoms with Gasteiger partial charge in [0.25, 0.3) is 0 Å². The number of fused-ring (bicyclic) bond motifs is 1. The second-order valence-corrected chi connectivity index (χ2v) is 6.92. The van der Waals surface area contributed by atoms with Crippen molar-refractivity contribution in [3.8, 4) is 5.75 Å². The highest BCUT2D eigenvalue weighted by Crippen LogP contribution is 2.27. The molecule has 1 saturated heterocycles. The Balaban J connectivity index is 1.45. The number of likely N-dealkylation sites (tertiary alicyclic amines) is 1. The summed E-state index contributed by atoms with van der Waals surface area (Å²) in [6, 6.07) is 19.1. The molecule has 2 heterocycles. The van der Waals surface area contributed by atoms with E-state index in [1.165, 1.54) is 18.4 Å². The first kappa shape index (κ1) is 17.1. The van der Waals surface area contributed by atoms with Crippen LogP contribution in [0.2, 0.25) is 0 Å². The van der Waals surface area contributed by atoms with Gasteiger partial charge in [-0.15, -0.1) is 0 Å². The molecule has 0 aliphatic carbocycles. The largest absolute Gasteiger partial charge is 0.497 e. The molecule has 0 radical (unpaired) electrons. The van der Waals surface area contributed by atoms with E-state index >= 15 is 0 Å². The van der Waals surface area contributed by atoms with Crippen molar-refractivity contribution < 1.29 is 9.15 Å². The topological polar surface area (TPSA) is 37.6 Å². The van der Waals surface area contributed by atoms with Gasteiger partial charge in [-0.2, -0.15) is 0 Å². The van der Waals surface area contributed by atoms with Crippen molar-refractivity contribution in [3.63, 3.8) is 0 Å². The fourth-order valence-electron chi connectivity index (χ4n) is 3.82. The normalized spacial score (nSPS) is 16.2. The number of methoxy groups -OCH3 is 1. The maximum atomic E-state index is 5.92. The van der Waals surface area contributed by atoms with Crippen LogP contribution in [0.3, 0.4) is 0 Å². The van der Waals surface area contributed by atoms with Crippen LogP contribution in [0.15, 0.2) is 59.0 Å². The number of furan rings is 1. The number of hydrogen-bond donors (Lipinski definition) is 1. The third-order valence-electron chi connectivity index (χ3n) is 5.17. The molecule has 26 heavy (non-hydrogen) atoms. The average Bonchev–Trinajstić information content (AvgIpc) is 3.34. The summed E-state index contributed by atoms with van der Waals surface area (Å²) in [4.78, 5) is 2.57. The van der Waals surface area contributed by atoms with Gasteiger partial charge in [0, 0.05) is 18.0 Å². The molecule has 3 aromatic rings. The third kappa shape index (κ3) is 3.76. The van der Waals surface area contributed by atoms with Crippen LogP contribution in [0.1, 0.15) is 30.2 Å². The van der Waals surface area contributed by atoms with Crippen molar-refractivity contribution in [1.82, 2.24) is 10.2 Å². The minimum absolute atomic E-state index is 0.358. The van der Waals surface area contributed by atoms with Gasteiger partial charge in [-0.3, -0.25) is 4.90 Å². The lowest BCUT2D eigenvalue weighted by atomic mass is 10.0. The summed E-state index contributed by atoms with van der Waals surface area (Å²) >= 11 is 0. The predicted molar refractivity (Wildman–Crippen MR) is 104 cm³/mol. The molecule has 1 unspecified atom stereocenters. The standard InChI is InChI=1S/C22H26N2O2/c1-25-19-9-6-8-17(13-19)21(24-11-4-5-12-24)16-23-15-20-14-18-7-2-3-10-22(18)26-20/h2-3,6-10,13-14,21,23H,4-5,11-12,15-16H2,1H3. The van der Waals surface area contributed by atoms with E-state index in [0.717, 1.165) is 48.7 Å².